The van der Waals surface area contributed by atoms with Crippen LogP contribution in [0.15, 0.2) is 0 Å². The van der Waals surface area contributed by atoms with Gasteiger partial charge < -0.3 is 109 Å². The van der Waals surface area contributed by atoms with Gasteiger partial charge in [-0.05, 0) is 44.9 Å². The number of carbonyl (C=O) groups is 7. The normalized spacial score (nSPS) is 12.7. The van der Waals surface area contributed by atoms with Crippen molar-refractivity contribution >= 4 is 71.6 Å². The number of nitrogens with two attached hydrogens (primary N) is 7. The van der Waals surface area contributed by atoms with Gasteiger partial charge >= 0.3 is 43.6 Å². The smallest absolute Gasteiger partial charge is 0.548 e. The Hall–Kier alpha value is -2.28. The number of hydrogen-bond acceptors (Lipinski definition) is 21. The SMILES string of the molecule is CCC(N)C(=O)[O-].CCC(N)C(=O)[O-].CCC(N)C(=O)[O-].CCC(N)C(=O)[O-].CCC(N)C(=O)[O-].CCC(N)C(=O)[O-].CCC(N)C(=O)[O-].Cl.[Al+3].[Zr+4]. The fraction of sp³-hybridized carbons (Fsp3) is 0.750. The Labute approximate surface area is 341 Å². The zero-order valence-electron chi connectivity index (χ0n) is 30.7. The predicted octanol–water partition coefficient (Wildman–Crippen LogP) is -10.6. The molecule has 0 aliphatic heterocycles. The van der Waals surface area contributed by atoms with E-state index in [1.165, 1.54) is 0 Å². The van der Waals surface area contributed by atoms with Gasteiger partial charge in [-0.1, -0.05) is 48.5 Å². The molecule has 24 heteroatoms. The van der Waals surface area contributed by atoms with Crippen LogP contribution >= 0.6 is 12.4 Å². The molecule has 0 aromatic carbocycles. The van der Waals surface area contributed by atoms with Crippen LogP contribution in [0.5, 0.6) is 0 Å². The third kappa shape index (κ3) is 66.0. The van der Waals surface area contributed by atoms with Gasteiger partial charge in [0.2, 0.25) is 0 Å². The topological polar surface area (TPSA) is 463 Å². The number of hydrogen-bond donors (Lipinski definition) is 7. The summed E-state index contributed by atoms with van der Waals surface area (Å²) in [6, 6.07) is -5.54. The minimum absolute atomic E-state index is 0. The molecule has 52 heavy (non-hydrogen) atoms. The van der Waals surface area contributed by atoms with Crippen molar-refractivity contribution in [3.8, 4) is 0 Å². The standard InChI is InChI=1S/7C4H9NO2.Al.ClH.Zr/c7*1-2-3(5)4(6)7;;;/h7*3H,2,5H2,1H3,(H,6,7);;1H;/q;;;;;;;+3;;+4/p-7. The molecule has 0 rings (SSSR count). The van der Waals surface area contributed by atoms with Gasteiger partial charge in [0, 0.05) is 42.3 Å². The molecule has 14 N–H and O–H groups in total. The molecule has 0 aromatic rings. The number of carboxylic acids is 7. The zero-order chi connectivity index (χ0) is 41.0. The van der Waals surface area contributed by atoms with E-state index >= 15 is 0 Å². The second kappa shape index (κ2) is 50.8. The third-order valence-corrected chi connectivity index (χ3v) is 5.20. The third-order valence-electron chi connectivity index (χ3n) is 5.20. The summed E-state index contributed by atoms with van der Waals surface area (Å²) < 4.78 is 0. The summed E-state index contributed by atoms with van der Waals surface area (Å²) in [5.41, 5.74) is 34.7. The van der Waals surface area contributed by atoms with Crippen molar-refractivity contribution in [1.82, 2.24) is 0 Å². The molecule has 0 aliphatic carbocycles. The van der Waals surface area contributed by atoms with Gasteiger partial charge in [0.25, 0.3) is 0 Å². The van der Waals surface area contributed by atoms with E-state index < -0.39 is 84.1 Å². The molecule has 0 heterocycles. The fourth-order valence-corrected chi connectivity index (χ4v) is 1.17. The Bertz CT molecular complexity index is 722. The first-order chi connectivity index (χ1) is 22.3. The minimum atomic E-state index is -1.18. The largest absolute Gasteiger partial charge is 4.00 e. The predicted molar refractivity (Wildman–Crippen MR) is 176 cm³/mol. The van der Waals surface area contributed by atoms with Crippen LogP contribution in [0.1, 0.15) is 93.4 Å². The number of carboxylic acid groups (broad SMARTS) is 7. The molecule has 0 amide bonds. The first kappa shape index (κ1) is 74.8. The van der Waals surface area contributed by atoms with Gasteiger partial charge in [-0.25, -0.2) is 0 Å². The summed E-state index contributed by atoms with van der Waals surface area (Å²) in [5, 5.41) is 67.9. The van der Waals surface area contributed by atoms with Crippen LogP contribution in [0.2, 0.25) is 0 Å². The zero-order valence-corrected chi connectivity index (χ0v) is 35.2. The first-order valence-electron chi connectivity index (χ1n) is 15.0. The number of rotatable bonds is 14. The maximum Gasteiger partial charge on any atom is 4.00 e. The molecule has 0 spiro atoms. The molecule has 7 atom stereocenters. The number of carbonyl (C=O) groups excluding carboxylic acids is 7. The van der Waals surface area contributed by atoms with Crippen LogP contribution < -0.4 is 75.9 Å². The molecule has 0 saturated heterocycles. The van der Waals surface area contributed by atoms with E-state index in [1.807, 2.05) is 0 Å². The van der Waals surface area contributed by atoms with Crippen LogP contribution in [-0.4, -0.2) is 101 Å². The molecule has 302 valence electrons. The van der Waals surface area contributed by atoms with Crippen LogP contribution in [0.3, 0.4) is 0 Å². The first-order valence-corrected chi connectivity index (χ1v) is 15.0. The molecule has 0 bridgehead atoms. The van der Waals surface area contributed by atoms with Gasteiger partial charge in [0.05, 0.1) is 41.8 Å². The summed E-state index contributed by atoms with van der Waals surface area (Å²) in [4.78, 5) is 67.9. The maximum absolute atomic E-state index is 9.69. The van der Waals surface area contributed by atoms with E-state index in [9.17, 15) is 69.3 Å². The molecule has 0 fully saturated rings. The van der Waals surface area contributed by atoms with Crippen molar-refractivity contribution in [2.75, 3.05) is 0 Å². The van der Waals surface area contributed by atoms with Gasteiger partial charge in [-0.15, -0.1) is 12.4 Å². The van der Waals surface area contributed by atoms with Gasteiger partial charge in [0.15, 0.2) is 0 Å². The summed E-state index contributed by atoms with van der Waals surface area (Å²) in [5.74, 6) is -8.25. The second-order valence-electron chi connectivity index (χ2n) is 9.34. The van der Waals surface area contributed by atoms with Crippen LogP contribution in [0.4, 0.5) is 0 Å². The van der Waals surface area contributed by atoms with E-state index in [-0.39, 0.29) is 56.0 Å². The Morgan fingerprint density at radius 1 is 0.327 bits per heavy atom. The molecule has 21 nitrogen and oxygen atoms in total. The van der Waals surface area contributed by atoms with Crippen molar-refractivity contribution in [1.29, 1.82) is 0 Å². The maximum atomic E-state index is 9.69. The summed E-state index contributed by atoms with van der Waals surface area (Å²) in [6.45, 7) is 11.9. The van der Waals surface area contributed by atoms with Crippen LogP contribution in [0.25, 0.3) is 0 Å². The molecule has 0 radical (unpaired) electrons. The van der Waals surface area contributed by atoms with E-state index in [4.69, 9.17) is 40.1 Å². The summed E-state index contributed by atoms with van der Waals surface area (Å²) >= 11 is 0. The number of halogens is 1. The van der Waals surface area contributed by atoms with E-state index in [0.717, 1.165) is 0 Å². The average Bonchev–Trinajstić information content (AvgIpc) is 3.06. The van der Waals surface area contributed by atoms with Crippen molar-refractivity contribution in [3.05, 3.63) is 0 Å². The molecule has 0 saturated carbocycles. The Balaban J connectivity index is -0.0000000490. The molecule has 0 aromatic heterocycles. The van der Waals surface area contributed by atoms with E-state index in [1.54, 1.807) is 48.5 Å². The second-order valence-corrected chi connectivity index (χ2v) is 9.34. The average molecular weight is 869 g/mol. The van der Waals surface area contributed by atoms with Crippen LogP contribution in [-0.2, 0) is 59.8 Å². The van der Waals surface area contributed by atoms with Crippen molar-refractivity contribution in [3.63, 3.8) is 0 Å². The van der Waals surface area contributed by atoms with Crippen molar-refractivity contribution < 1.29 is 95.5 Å². The molecule has 7 unspecified atom stereocenters. The molecular weight excluding hydrogens is 812 g/mol. The molecule has 0 aliphatic rings. The quantitative estimate of drug-likeness (QED) is 0.0797. The van der Waals surface area contributed by atoms with Gasteiger partial charge in [-0.3, -0.25) is 0 Å². The molecular formula is C28H57AlClN7O14Zr. The van der Waals surface area contributed by atoms with E-state index in [0.29, 0.717) is 44.9 Å². The monoisotopic (exact) mass is 867 g/mol. The Morgan fingerprint density at radius 3 is 0.385 bits per heavy atom. The van der Waals surface area contributed by atoms with Crippen LogP contribution in [0, 0.1) is 0 Å². The number of aliphatic carboxylic acids is 7. The Morgan fingerprint density at radius 2 is 0.385 bits per heavy atom. The minimum Gasteiger partial charge on any atom is -0.548 e. The van der Waals surface area contributed by atoms with Gasteiger partial charge in [-0.2, -0.15) is 0 Å². The summed E-state index contributed by atoms with van der Waals surface area (Å²) in [7, 11) is 0. The van der Waals surface area contributed by atoms with Crippen molar-refractivity contribution in [2.24, 2.45) is 40.1 Å². The van der Waals surface area contributed by atoms with Crippen molar-refractivity contribution in [2.45, 2.75) is 136 Å². The van der Waals surface area contributed by atoms with Gasteiger partial charge in [0.1, 0.15) is 0 Å². The fourth-order valence-electron chi connectivity index (χ4n) is 1.17. The summed E-state index contributed by atoms with van der Waals surface area (Å²) in [6.07, 6.45) is 3.03. The Kier molecular flexibility index (Phi) is 73.1. The van der Waals surface area contributed by atoms with E-state index in [2.05, 4.69) is 0 Å².